The van der Waals surface area contributed by atoms with E-state index in [9.17, 15) is 18.0 Å². The first-order valence-electron chi connectivity index (χ1n) is 5.96. The Kier molecular flexibility index (Phi) is 4.42. The van der Waals surface area contributed by atoms with Gasteiger partial charge < -0.3 is 9.47 Å². The summed E-state index contributed by atoms with van der Waals surface area (Å²) in [6.45, 7) is 1.65. The molecule has 4 nitrogen and oxygen atoms in total. The number of rotatable bonds is 4. The maximum absolute atomic E-state index is 13.2. The Morgan fingerprint density at radius 1 is 1.10 bits per heavy atom. The third-order valence-electron chi connectivity index (χ3n) is 2.36. The lowest BCUT2D eigenvalue weighted by atomic mass is 10.2. The molecule has 0 aliphatic heterocycles. The van der Waals surface area contributed by atoms with Gasteiger partial charge in [-0.1, -0.05) is 0 Å². The number of nitrogens with zero attached hydrogens (tertiary/aromatic N) is 1. The van der Waals surface area contributed by atoms with Gasteiger partial charge in [0.1, 0.15) is 28.8 Å². The lowest BCUT2D eigenvalue weighted by Gasteiger charge is -2.09. The van der Waals surface area contributed by atoms with Crippen molar-refractivity contribution >= 4 is 5.97 Å². The fraction of sp³-hybridized carbons (Fsp3) is 0.143. The first kappa shape index (κ1) is 14.8. The van der Waals surface area contributed by atoms with Gasteiger partial charge in [-0.05, 0) is 13.0 Å². The number of esters is 1. The molecular weight excluding hydrogens is 287 g/mol. The second-order valence-corrected chi connectivity index (χ2v) is 3.93. The zero-order valence-corrected chi connectivity index (χ0v) is 10.9. The van der Waals surface area contributed by atoms with Crippen molar-refractivity contribution in [3.05, 3.63) is 53.5 Å². The van der Waals surface area contributed by atoms with Gasteiger partial charge in [-0.2, -0.15) is 0 Å². The van der Waals surface area contributed by atoms with Crippen molar-refractivity contribution in [1.29, 1.82) is 0 Å². The largest absolute Gasteiger partial charge is 0.462 e. The highest BCUT2D eigenvalue weighted by atomic mass is 19.1. The predicted molar refractivity (Wildman–Crippen MR) is 66.6 cm³/mol. The molecule has 0 aliphatic carbocycles. The summed E-state index contributed by atoms with van der Waals surface area (Å²) in [6.07, 6.45) is 0.813. The molecule has 0 atom stereocenters. The Labute approximate surface area is 118 Å². The Morgan fingerprint density at radius 3 is 2.38 bits per heavy atom. The topological polar surface area (TPSA) is 48.4 Å². The molecule has 21 heavy (non-hydrogen) atoms. The summed E-state index contributed by atoms with van der Waals surface area (Å²) in [4.78, 5) is 15.3. The van der Waals surface area contributed by atoms with E-state index >= 15 is 0 Å². The number of carbonyl (C=O) groups excluding carboxylic acids is 1. The van der Waals surface area contributed by atoms with E-state index in [0.29, 0.717) is 6.07 Å². The SMILES string of the molecule is CCOC(=O)c1cc(F)cnc1Oc1cc(F)cc(F)c1. The maximum Gasteiger partial charge on any atom is 0.343 e. The molecule has 0 radical (unpaired) electrons. The lowest BCUT2D eigenvalue weighted by Crippen LogP contribution is -2.08. The van der Waals surface area contributed by atoms with Crippen molar-refractivity contribution in [3.8, 4) is 11.6 Å². The van der Waals surface area contributed by atoms with Gasteiger partial charge in [0, 0.05) is 18.2 Å². The summed E-state index contributed by atoms with van der Waals surface area (Å²) in [5, 5.41) is 0. The van der Waals surface area contributed by atoms with Crippen molar-refractivity contribution < 1.29 is 27.4 Å². The zero-order valence-electron chi connectivity index (χ0n) is 10.9. The van der Waals surface area contributed by atoms with Gasteiger partial charge in [-0.3, -0.25) is 0 Å². The van der Waals surface area contributed by atoms with Crippen LogP contribution in [0.25, 0.3) is 0 Å². The molecule has 0 saturated heterocycles. The first-order chi connectivity index (χ1) is 9.99. The molecule has 0 unspecified atom stereocenters. The van der Waals surface area contributed by atoms with E-state index in [4.69, 9.17) is 9.47 Å². The van der Waals surface area contributed by atoms with Crippen LogP contribution in [0.3, 0.4) is 0 Å². The zero-order chi connectivity index (χ0) is 15.4. The number of benzene rings is 1. The number of carbonyl (C=O) groups is 1. The van der Waals surface area contributed by atoms with E-state index in [-0.39, 0.29) is 23.8 Å². The molecule has 1 aromatic heterocycles. The molecular formula is C14H10F3NO3. The fourth-order valence-corrected chi connectivity index (χ4v) is 1.56. The minimum atomic E-state index is -0.857. The van der Waals surface area contributed by atoms with E-state index in [0.717, 1.165) is 24.4 Å². The number of hydrogen-bond donors (Lipinski definition) is 0. The first-order valence-corrected chi connectivity index (χ1v) is 5.96. The van der Waals surface area contributed by atoms with Gasteiger partial charge >= 0.3 is 5.97 Å². The van der Waals surface area contributed by atoms with Crippen molar-refractivity contribution in [3.63, 3.8) is 0 Å². The van der Waals surface area contributed by atoms with Crippen LogP contribution in [0.2, 0.25) is 0 Å². The van der Waals surface area contributed by atoms with Crippen molar-refractivity contribution in [2.24, 2.45) is 0 Å². The molecule has 2 rings (SSSR count). The molecule has 2 aromatic rings. The highest BCUT2D eigenvalue weighted by Gasteiger charge is 2.17. The van der Waals surface area contributed by atoms with Crippen LogP contribution in [0.15, 0.2) is 30.5 Å². The average Bonchev–Trinajstić information content (AvgIpc) is 2.40. The van der Waals surface area contributed by atoms with Gasteiger partial charge in [-0.15, -0.1) is 0 Å². The number of ether oxygens (including phenoxy) is 2. The maximum atomic E-state index is 13.2. The Bertz CT molecular complexity index is 656. The van der Waals surface area contributed by atoms with Crippen LogP contribution in [-0.2, 0) is 4.74 Å². The Balaban J connectivity index is 2.37. The molecule has 0 spiro atoms. The van der Waals surface area contributed by atoms with Gasteiger partial charge in [0.05, 0.1) is 12.8 Å². The van der Waals surface area contributed by atoms with Crippen LogP contribution in [0.1, 0.15) is 17.3 Å². The van der Waals surface area contributed by atoms with E-state index in [1.165, 1.54) is 0 Å². The van der Waals surface area contributed by atoms with Gasteiger partial charge in [0.2, 0.25) is 5.88 Å². The molecule has 1 aromatic carbocycles. The van der Waals surface area contributed by atoms with Gasteiger partial charge in [0.15, 0.2) is 0 Å². The summed E-state index contributed by atoms with van der Waals surface area (Å²) < 4.78 is 49.2. The van der Waals surface area contributed by atoms with E-state index in [1.54, 1.807) is 6.92 Å². The molecule has 0 aliphatic rings. The summed E-state index contributed by atoms with van der Waals surface area (Å²) in [7, 11) is 0. The molecule has 0 saturated carbocycles. The lowest BCUT2D eigenvalue weighted by molar-refractivity contribution is 0.0522. The summed E-state index contributed by atoms with van der Waals surface area (Å²) in [5.41, 5.74) is -0.276. The molecule has 0 N–H and O–H groups in total. The van der Waals surface area contributed by atoms with Crippen molar-refractivity contribution in [1.82, 2.24) is 4.98 Å². The Hall–Kier alpha value is -2.57. The molecule has 0 bridgehead atoms. The number of hydrogen-bond acceptors (Lipinski definition) is 4. The van der Waals surface area contributed by atoms with Crippen LogP contribution in [0.4, 0.5) is 13.2 Å². The minimum Gasteiger partial charge on any atom is -0.462 e. The number of pyridine rings is 1. The van der Waals surface area contributed by atoms with Gasteiger partial charge in [-0.25, -0.2) is 22.9 Å². The minimum absolute atomic E-state index is 0.0728. The molecule has 0 amide bonds. The highest BCUT2D eigenvalue weighted by molar-refractivity contribution is 5.91. The van der Waals surface area contributed by atoms with Crippen LogP contribution in [0, 0.1) is 17.5 Å². The monoisotopic (exact) mass is 297 g/mol. The Morgan fingerprint density at radius 2 is 1.76 bits per heavy atom. The quantitative estimate of drug-likeness (QED) is 0.811. The second-order valence-electron chi connectivity index (χ2n) is 3.93. The van der Waals surface area contributed by atoms with Crippen molar-refractivity contribution in [2.75, 3.05) is 6.61 Å². The molecule has 1 heterocycles. The van der Waals surface area contributed by atoms with Crippen LogP contribution in [-0.4, -0.2) is 17.6 Å². The summed E-state index contributed by atoms with van der Waals surface area (Å²) >= 11 is 0. The van der Waals surface area contributed by atoms with E-state index < -0.39 is 23.4 Å². The van der Waals surface area contributed by atoms with E-state index in [2.05, 4.69) is 4.98 Å². The molecule has 0 fully saturated rings. The number of aromatic nitrogens is 1. The predicted octanol–water partition coefficient (Wildman–Crippen LogP) is 3.47. The van der Waals surface area contributed by atoms with Crippen LogP contribution in [0.5, 0.6) is 11.6 Å². The van der Waals surface area contributed by atoms with Crippen LogP contribution < -0.4 is 4.74 Å². The van der Waals surface area contributed by atoms with E-state index in [1.807, 2.05) is 0 Å². The third-order valence-corrected chi connectivity index (χ3v) is 2.36. The number of halogens is 3. The second kappa shape index (κ2) is 6.25. The summed E-state index contributed by atoms with van der Waals surface area (Å²) in [6, 6.07) is 3.35. The molecule has 110 valence electrons. The van der Waals surface area contributed by atoms with Crippen molar-refractivity contribution in [2.45, 2.75) is 6.92 Å². The third kappa shape index (κ3) is 3.71. The molecule has 7 heteroatoms. The smallest absolute Gasteiger partial charge is 0.343 e. The van der Waals surface area contributed by atoms with Gasteiger partial charge in [0.25, 0.3) is 0 Å². The standard InChI is InChI=1S/C14H10F3NO3/c1-2-20-14(19)12-6-10(17)7-18-13(12)21-11-4-8(15)3-9(16)5-11/h3-7H,2H2,1H3. The fourth-order valence-electron chi connectivity index (χ4n) is 1.56. The normalized spacial score (nSPS) is 10.3. The highest BCUT2D eigenvalue weighted by Crippen LogP contribution is 2.25. The average molecular weight is 297 g/mol. The summed E-state index contributed by atoms with van der Waals surface area (Å²) in [5.74, 6) is -3.85. The van der Waals surface area contributed by atoms with Crippen LogP contribution >= 0.6 is 0 Å².